The molecule has 0 aliphatic carbocycles. The second-order valence-corrected chi connectivity index (χ2v) is 6.62. The van der Waals surface area contributed by atoms with Crippen LogP contribution in [0.3, 0.4) is 0 Å². The number of hydrogen-bond acceptors (Lipinski definition) is 2. The molecule has 2 nitrogen and oxygen atoms in total. The highest BCUT2D eigenvalue weighted by Gasteiger charge is 2.19. The van der Waals surface area contributed by atoms with Crippen LogP contribution in [0.2, 0.25) is 0 Å². The van der Waals surface area contributed by atoms with Gasteiger partial charge < -0.3 is 9.73 Å². The molecule has 1 unspecified atom stereocenters. The molecule has 1 heterocycles. The van der Waals surface area contributed by atoms with Gasteiger partial charge in [0.2, 0.25) is 0 Å². The average Bonchev–Trinajstić information content (AvgIpc) is 2.82. The predicted octanol–water partition coefficient (Wildman–Crippen LogP) is 5.51. The Morgan fingerprint density at radius 3 is 2.50 bits per heavy atom. The largest absolute Gasteiger partial charge is 0.452 e. The van der Waals surface area contributed by atoms with Gasteiger partial charge in [-0.05, 0) is 77.6 Å². The van der Waals surface area contributed by atoms with Crippen LogP contribution in [-0.2, 0) is 0 Å². The number of furan rings is 1. The van der Waals surface area contributed by atoms with E-state index in [1.807, 2.05) is 12.1 Å². The van der Waals surface area contributed by atoms with Crippen LogP contribution in [0.15, 0.2) is 37.8 Å². The molecule has 0 saturated carbocycles. The molecule has 1 atom stereocenters. The molecule has 0 spiro atoms. The van der Waals surface area contributed by atoms with Gasteiger partial charge in [-0.3, -0.25) is 0 Å². The Hall–Kier alpha value is -0.580. The Kier molecular flexibility index (Phi) is 5.47. The van der Waals surface area contributed by atoms with Crippen LogP contribution in [0.25, 0.3) is 0 Å². The zero-order valence-corrected chi connectivity index (χ0v) is 15.1. The molecule has 108 valence electrons. The lowest BCUT2D eigenvalue weighted by Crippen LogP contribution is -2.23. The van der Waals surface area contributed by atoms with Crippen LogP contribution in [0.1, 0.15) is 41.8 Å². The Bertz CT molecular complexity index is 592. The summed E-state index contributed by atoms with van der Waals surface area (Å²) < 4.78 is 7.68. The summed E-state index contributed by atoms with van der Waals surface area (Å²) in [7, 11) is 0. The van der Waals surface area contributed by atoms with E-state index < -0.39 is 0 Å². The van der Waals surface area contributed by atoms with E-state index >= 15 is 0 Å². The SMILES string of the molecule is CCCNC(c1ccc(Br)o1)c1cc(C)c(Br)cc1C. The van der Waals surface area contributed by atoms with E-state index in [2.05, 4.69) is 70.1 Å². The smallest absolute Gasteiger partial charge is 0.169 e. The van der Waals surface area contributed by atoms with Gasteiger partial charge in [-0.2, -0.15) is 0 Å². The number of aryl methyl sites for hydroxylation is 2. The zero-order chi connectivity index (χ0) is 14.7. The maximum atomic E-state index is 5.76. The highest BCUT2D eigenvalue weighted by Crippen LogP contribution is 2.31. The van der Waals surface area contributed by atoms with E-state index in [4.69, 9.17) is 4.42 Å². The maximum absolute atomic E-state index is 5.76. The zero-order valence-electron chi connectivity index (χ0n) is 12.0. The van der Waals surface area contributed by atoms with Crippen molar-refractivity contribution >= 4 is 31.9 Å². The number of halogens is 2. The van der Waals surface area contributed by atoms with E-state index in [1.54, 1.807) is 0 Å². The van der Waals surface area contributed by atoms with Crippen LogP contribution in [0, 0.1) is 13.8 Å². The van der Waals surface area contributed by atoms with Gasteiger partial charge in [0.05, 0.1) is 6.04 Å². The number of benzene rings is 1. The molecule has 0 aliphatic rings. The van der Waals surface area contributed by atoms with Gasteiger partial charge >= 0.3 is 0 Å². The van der Waals surface area contributed by atoms with Crippen molar-refractivity contribution in [1.82, 2.24) is 5.32 Å². The summed E-state index contributed by atoms with van der Waals surface area (Å²) in [5.41, 5.74) is 3.75. The third kappa shape index (κ3) is 3.54. The van der Waals surface area contributed by atoms with E-state index in [9.17, 15) is 0 Å². The van der Waals surface area contributed by atoms with Gasteiger partial charge in [0.25, 0.3) is 0 Å². The quantitative estimate of drug-likeness (QED) is 0.715. The van der Waals surface area contributed by atoms with E-state index in [-0.39, 0.29) is 6.04 Å². The van der Waals surface area contributed by atoms with Gasteiger partial charge in [-0.1, -0.05) is 28.9 Å². The van der Waals surface area contributed by atoms with Gasteiger partial charge in [-0.15, -0.1) is 0 Å². The molecule has 0 amide bonds. The molecule has 4 heteroatoms. The van der Waals surface area contributed by atoms with E-state index in [0.717, 1.165) is 27.9 Å². The minimum atomic E-state index is 0.0908. The summed E-state index contributed by atoms with van der Waals surface area (Å²) >= 11 is 6.97. The van der Waals surface area contributed by atoms with E-state index in [1.165, 1.54) is 16.7 Å². The van der Waals surface area contributed by atoms with Gasteiger partial charge in [0.15, 0.2) is 4.67 Å². The maximum Gasteiger partial charge on any atom is 0.169 e. The van der Waals surface area contributed by atoms with Crippen molar-refractivity contribution in [2.75, 3.05) is 6.54 Å². The predicted molar refractivity (Wildman–Crippen MR) is 90.2 cm³/mol. The van der Waals surface area contributed by atoms with Crippen molar-refractivity contribution in [2.24, 2.45) is 0 Å². The standard InChI is InChI=1S/C16H19Br2NO/c1-4-7-19-16(14-5-6-15(18)20-14)12-8-11(3)13(17)9-10(12)2/h5-6,8-9,16,19H,4,7H2,1-3H3. The van der Waals surface area contributed by atoms with Gasteiger partial charge in [0, 0.05) is 4.47 Å². The van der Waals surface area contributed by atoms with Crippen molar-refractivity contribution in [3.63, 3.8) is 0 Å². The third-order valence-corrected chi connectivity index (χ3v) is 4.62. The van der Waals surface area contributed by atoms with Crippen molar-refractivity contribution < 1.29 is 4.42 Å². The summed E-state index contributed by atoms with van der Waals surface area (Å²) in [6, 6.07) is 8.45. The monoisotopic (exact) mass is 399 g/mol. The second kappa shape index (κ2) is 6.92. The molecule has 0 fully saturated rings. The van der Waals surface area contributed by atoms with Crippen LogP contribution < -0.4 is 5.32 Å². The van der Waals surface area contributed by atoms with Crippen molar-refractivity contribution in [2.45, 2.75) is 33.2 Å². The lowest BCUT2D eigenvalue weighted by atomic mass is 9.97. The van der Waals surface area contributed by atoms with Gasteiger partial charge in [-0.25, -0.2) is 0 Å². The molecule has 1 aromatic heterocycles. The molecule has 1 N–H and O–H groups in total. The molecule has 20 heavy (non-hydrogen) atoms. The van der Waals surface area contributed by atoms with Gasteiger partial charge in [0.1, 0.15) is 5.76 Å². The van der Waals surface area contributed by atoms with Crippen molar-refractivity contribution in [1.29, 1.82) is 0 Å². The first-order chi connectivity index (χ1) is 9.52. The topological polar surface area (TPSA) is 25.2 Å². The molecule has 0 aliphatic heterocycles. The first-order valence-corrected chi connectivity index (χ1v) is 8.36. The summed E-state index contributed by atoms with van der Waals surface area (Å²) in [5, 5.41) is 3.57. The number of hydrogen-bond donors (Lipinski definition) is 1. The minimum Gasteiger partial charge on any atom is -0.452 e. The number of nitrogens with one attached hydrogen (secondary N) is 1. The molecular weight excluding hydrogens is 382 g/mol. The third-order valence-electron chi connectivity index (χ3n) is 3.34. The first kappa shape index (κ1) is 15.8. The van der Waals surface area contributed by atoms with Crippen LogP contribution in [0.4, 0.5) is 0 Å². The summed E-state index contributed by atoms with van der Waals surface area (Å²) in [5.74, 6) is 0.940. The van der Waals surface area contributed by atoms with Crippen molar-refractivity contribution in [3.8, 4) is 0 Å². The summed E-state index contributed by atoms with van der Waals surface area (Å²) in [6.45, 7) is 7.37. The van der Waals surface area contributed by atoms with Crippen LogP contribution in [0.5, 0.6) is 0 Å². The fourth-order valence-electron chi connectivity index (χ4n) is 2.25. The summed E-state index contributed by atoms with van der Waals surface area (Å²) in [6.07, 6.45) is 1.09. The molecule has 0 radical (unpaired) electrons. The highest BCUT2D eigenvalue weighted by molar-refractivity contribution is 9.10. The summed E-state index contributed by atoms with van der Waals surface area (Å²) in [4.78, 5) is 0. The minimum absolute atomic E-state index is 0.0908. The normalized spacial score (nSPS) is 12.7. The highest BCUT2D eigenvalue weighted by atomic mass is 79.9. The average molecular weight is 401 g/mol. The van der Waals surface area contributed by atoms with E-state index in [0.29, 0.717) is 0 Å². The number of rotatable bonds is 5. The fourth-order valence-corrected chi connectivity index (χ4v) is 3.03. The fraction of sp³-hybridized carbons (Fsp3) is 0.375. The molecule has 2 rings (SSSR count). The Balaban J connectivity index is 2.43. The second-order valence-electron chi connectivity index (χ2n) is 4.99. The Morgan fingerprint density at radius 1 is 1.15 bits per heavy atom. The Labute approximate surface area is 137 Å². The lowest BCUT2D eigenvalue weighted by molar-refractivity contribution is 0.432. The molecular formula is C16H19Br2NO. The molecule has 1 aromatic carbocycles. The molecule has 0 bridgehead atoms. The van der Waals surface area contributed by atoms with Crippen molar-refractivity contribution in [3.05, 3.63) is 55.9 Å². The molecule has 0 saturated heterocycles. The van der Waals surface area contributed by atoms with Crippen LogP contribution in [-0.4, -0.2) is 6.54 Å². The lowest BCUT2D eigenvalue weighted by Gasteiger charge is -2.20. The first-order valence-electron chi connectivity index (χ1n) is 6.78. The Morgan fingerprint density at radius 2 is 1.90 bits per heavy atom. The van der Waals surface area contributed by atoms with Crippen LogP contribution >= 0.6 is 31.9 Å². The molecule has 2 aromatic rings.